The van der Waals surface area contributed by atoms with E-state index in [1.54, 1.807) is 19.0 Å². The summed E-state index contributed by atoms with van der Waals surface area (Å²) in [6.45, 7) is 8.12. The number of carbonyl (C=O) groups is 1. The molecule has 4 nitrogen and oxygen atoms in total. The van der Waals surface area contributed by atoms with Gasteiger partial charge in [-0.2, -0.15) is 0 Å². The van der Waals surface area contributed by atoms with Gasteiger partial charge < -0.3 is 14.2 Å². The Morgan fingerprint density at radius 1 is 1.09 bits per heavy atom. The minimum Gasteiger partial charge on any atom is -0.403 e. The SMILES string of the molecule is CN(C)C(=O)C[C@@H](B1OC(C)(C)C(C)(C)O1)c1ccccc1. The Balaban J connectivity index is 2.28. The molecule has 1 saturated heterocycles. The molecule has 1 aromatic rings. The summed E-state index contributed by atoms with van der Waals surface area (Å²) in [6, 6.07) is 9.98. The molecule has 1 heterocycles. The molecule has 0 aliphatic carbocycles. The van der Waals surface area contributed by atoms with Crippen LogP contribution in [0.5, 0.6) is 0 Å². The zero-order valence-electron chi connectivity index (χ0n) is 14.4. The molecule has 120 valence electrons. The summed E-state index contributed by atoms with van der Waals surface area (Å²) in [6.07, 6.45) is 0.369. The Morgan fingerprint density at radius 2 is 1.59 bits per heavy atom. The van der Waals surface area contributed by atoms with Crippen LogP contribution >= 0.6 is 0 Å². The molecule has 0 saturated carbocycles. The van der Waals surface area contributed by atoms with E-state index in [0.717, 1.165) is 5.56 Å². The van der Waals surface area contributed by atoms with Gasteiger partial charge in [0.1, 0.15) is 0 Å². The van der Waals surface area contributed by atoms with Crippen molar-refractivity contribution in [3.05, 3.63) is 35.9 Å². The van der Waals surface area contributed by atoms with Crippen molar-refractivity contribution in [2.75, 3.05) is 14.1 Å². The molecule has 2 rings (SSSR count). The number of amides is 1. The monoisotopic (exact) mass is 303 g/mol. The van der Waals surface area contributed by atoms with Crippen molar-refractivity contribution >= 4 is 13.0 Å². The normalized spacial score (nSPS) is 20.7. The molecule has 1 amide bonds. The van der Waals surface area contributed by atoms with E-state index in [1.165, 1.54) is 0 Å². The van der Waals surface area contributed by atoms with E-state index >= 15 is 0 Å². The van der Waals surface area contributed by atoms with Crippen molar-refractivity contribution in [2.45, 2.75) is 51.1 Å². The van der Waals surface area contributed by atoms with E-state index < -0.39 is 18.3 Å². The number of hydrogen-bond donors (Lipinski definition) is 0. The Labute approximate surface area is 133 Å². The van der Waals surface area contributed by atoms with Crippen LogP contribution in [-0.4, -0.2) is 43.2 Å². The summed E-state index contributed by atoms with van der Waals surface area (Å²) in [5.41, 5.74) is 0.272. The van der Waals surface area contributed by atoms with Crippen LogP contribution in [0, 0.1) is 0 Å². The van der Waals surface area contributed by atoms with E-state index in [0.29, 0.717) is 6.42 Å². The molecular formula is C17H26BNO3. The highest BCUT2D eigenvalue weighted by Gasteiger charge is 2.54. The fourth-order valence-corrected chi connectivity index (χ4v) is 2.50. The third kappa shape index (κ3) is 3.36. The van der Waals surface area contributed by atoms with Gasteiger partial charge in [0.2, 0.25) is 5.91 Å². The summed E-state index contributed by atoms with van der Waals surface area (Å²) >= 11 is 0. The predicted octanol–water partition coefficient (Wildman–Crippen LogP) is 2.88. The van der Waals surface area contributed by atoms with Crippen LogP contribution < -0.4 is 0 Å². The Kier molecular flexibility index (Phi) is 4.69. The summed E-state index contributed by atoms with van der Waals surface area (Å²) in [7, 11) is 3.12. The van der Waals surface area contributed by atoms with Crippen LogP contribution in [0.3, 0.4) is 0 Å². The first kappa shape index (κ1) is 17.0. The van der Waals surface area contributed by atoms with Gasteiger partial charge in [-0.15, -0.1) is 0 Å². The molecule has 1 fully saturated rings. The lowest BCUT2D eigenvalue weighted by Gasteiger charge is -2.32. The lowest BCUT2D eigenvalue weighted by atomic mass is 9.66. The predicted molar refractivity (Wildman–Crippen MR) is 88.6 cm³/mol. The number of benzene rings is 1. The molecule has 5 heteroatoms. The van der Waals surface area contributed by atoms with Crippen LogP contribution in [0.15, 0.2) is 30.3 Å². The second kappa shape index (κ2) is 6.05. The number of carbonyl (C=O) groups excluding carboxylic acids is 1. The van der Waals surface area contributed by atoms with Crippen molar-refractivity contribution in [3.8, 4) is 0 Å². The van der Waals surface area contributed by atoms with Gasteiger partial charge in [-0.3, -0.25) is 4.79 Å². The molecule has 1 atom stereocenters. The average Bonchev–Trinajstić information content (AvgIpc) is 2.65. The molecule has 0 bridgehead atoms. The average molecular weight is 303 g/mol. The van der Waals surface area contributed by atoms with E-state index in [1.807, 2.05) is 58.0 Å². The van der Waals surface area contributed by atoms with Crippen molar-refractivity contribution in [1.82, 2.24) is 4.90 Å². The fraction of sp³-hybridized carbons (Fsp3) is 0.588. The van der Waals surface area contributed by atoms with Gasteiger partial charge >= 0.3 is 7.12 Å². The topological polar surface area (TPSA) is 38.8 Å². The summed E-state index contributed by atoms with van der Waals surface area (Å²) in [5, 5.41) is 0. The van der Waals surface area contributed by atoms with Gasteiger partial charge in [0.05, 0.1) is 11.2 Å². The summed E-state index contributed by atoms with van der Waals surface area (Å²) in [5.74, 6) is -0.0410. The molecular weight excluding hydrogens is 277 g/mol. The van der Waals surface area contributed by atoms with E-state index in [2.05, 4.69) is 0 Å². The maximum Gasteiger partial charge on any atom is 0.466 e. The first-order valence-electron chi connectivity index (χ1n) is 7.75. The summed E-state index contributed by atoms with van der Waals surface area (Å²) < 4.78 is 12.3. The van der Waals surface area contributed by atoms with Gasteiger partial charge in [-0.1, -0.05) is 30.3 Å². The van der Waals surface area contributed by atoms with Crippen LogP contribution in [0.25, 0.3) is 0 Å². The third-order valence-corrected chi connectivity index (χ3v) is 4.72. The second-order valence-corrected chi connectivity index (χ2v) is 7.13. The standard InChI is InChI=1S/C17H26BNO3/c1-16(2)17(3,4)22-18(21-16)14(12-15(20)19(5)6)13-10-8-7-9-11-13/h7-11,14H,12H2,1-6H3/t14-/m1/s1. The Hall–Kier alpha value is -1.33. The van der Waals surface area contributed by atoms with Gasteiger partial charge in [-0.25, -0.2) is 0 Å². The molecule has 0 spiro atoms. The molecule has 1 aliphatic heterocycles. The third-order valence-electron chi connectivity index (χ3n) is 4.72. The van der Waals surface area contributed by atoms with Crippen LogP contribution in [-0.2, 0) is 14.1 Å². The van der Waals surface area contributed by atoms with Gasteiger partial charge in [0.15, 0.2) is 0 Å². The Bertz CT molecular complexity index is 512. The minimum absolute atomic E-state index is 0.0727. The highest BCUT2D eigenvalue weighted by molar-refractivity contribution is 6.48. The Morgan fingerprint density at radius 3 is 2.05 bits per heavy atom. The number of hydrogen-bond acceptors (Lipinski definition) is 3. The van der Waals surface area contributed by atoms with Crippen molar-refractivity contribution in [1.29, 1.82) is 0 Å². The zero-order valence-corrected chi connectivity index (χ0v) is 14.4. The minimum atomic E-state index is -0.420. The lowest BCUT2D eigenvalue weighted by molar-refractivity contribution is -0.128. The van der Waals surface area contributed by atoms with Gasteiger partial charge in [0, 0.05) is 26.3 Å². The fourth-order valence-electron chi connectivity index (χ4n) is 2.50. The molecule has 0 aromatic heterocycles. The molecule has 0 unspecified atom stereocenters. The molecule has 1 aliphatic rings. The van der Waals surface area contributed by atoms with Gasteiger partial charge in [-0.05, 0) is 33.3 Å². The van der Waals surface area contributed by atoms with E-state index in [-0.39, 0.29) is 11.7 Å². The smallest absolute Gasteiger partial charge is 0.403 e. The first-order valence-corrected chi connectivity index (χ1v) is 7.75. The summed E-state index contributed by atoms with van der Waals surface area (Å²) in [4.78, 5) is 13.8. The number of nitrogens with zero attached hydrogens (tertiary/aromatic N) is 1. The van der Waals surface area contributed by atoms with Crippen molar-refractivity contribution in [3.63, 3.8) is 0 Å². The first-order chi connectivity index (χ1) is 10.1. The van der Waals surface area contributed by atoms with Gasteiger partial charge in [0.25, 0.3) is 0 Å². The highest BCUT2D eigenvalue weighted by atomic mass is 16.7. The van der Waals surface area contributed by atoms with E-state index in [4.69, 9.17) is 9.31 Å². The quantitative estimate of drug-likeness (QED) is 0.803. The molecule has 0 N–H and O–H groups in total. The van der Waals surface area contributed by atoms with Crippen LogP contribution in [0.2, 0.25) is 0 Å². The van der Waals surface area contributed by atoms with Crippen LogP contribution in [0.4, 0.5) is 0 Å². The van der Waals surface area contributed by atoms with Crippen molar-refractivity contribution < 1.29 is 14.1 Å². The largest absolute Gasteiger partial charge is 0.466 e. The van der Waals surface area contributed by atoms with Crippen LogP contribution in [0.1, 0.15) is 45.5 Å². The van der Waals surface area contributed by atoms with E-state index in [9.17, 15) is 4.79 Å². The molecule has 22 heavy (non-hydrogen) atoms. The second-order valence-electron chi connectivity index (χ2n) is 7.13. The van der Waals surface area contributed by atoms with Crippen molar-refractivity contribution in [2.24, 2.45) is 0 Å². The highest BCUT2D eigenvalue weighted by Crippen LogP contribution is 2.41. The lowest BCUT2D eigenvalue weighted by Crippen LogP contribution is -2.41. The molecule has 1 aromatic carbocycles. The maximum absolute atomic E-state index is 12.2. The zero-order chi connectivity index (χ0) is 16.5. The number of rotatable bonds is 4. The molecule has 0 radical (unpaired) electrons. The maximum atomic E-state index is 12.2.